The Morgan fingerprint density at radius 1 is 1.07 bits per heavy atom. The number of nitrogens with one attached hydrogen (secondary N) is 1. The zero-order valence-electron chi connectivity index (χ0n) is 17.3. The van der Waals surface area contributed by atoms with Gasteiger partial charge in [-0.15, -0.1) is 0 Å². The van der Waals surface area contributed by atoms with Crippen molar-refractivity contribution in [2.45, 2.75) is 32.0 Å². The number of amides is 1. The van der Waals surface area contributed by atoms with Crippen LogP contribution in [0.1, 0.15) is 34.3 Å². The molecule has 1 N–H and O–H groups in total. The number of ether oxygens (including phenoxy) is 3. The van der Waals surface area contributed by atoms with Crippen LogP contribution in [0.15, 0.2) is 48.5 Å². The van der Waals surface area contributed by atoms with Gasteiger partial charge in [0.15, 0.2) is 0 Å². The molecule has 6 nitrogen and oxygen atoms in total. The maximum absolute atomic E-state index is 12.6. The minimum Gasteiger partial charge on any atom is -0.491 e. The molecule has 160 valence electrons. The molecule has 1 atom stereocenters. The van der Waals surface area contributed by atoms with Crippen molar-refractivity contribution in [3.63, 3.8) is 0 Å². The molecular weight excluding hydrogens is 380 g/mol. The van der Waals surface area contributed by atoms with Crippen LogP contribution in [-0.2, 0) is 22.6 Å². The second-order valence-electron chi connectivity index (χ2n) is 7.86. The van der Waals surface area contributed by atoms with Crippen molar-refractivity contribution in [3.05, 3.63) is 65.2 Å². The molecule has 4 rings (SSSR count). The fraction of sp³-hybridized carbons (Fsp3) is 0.458. The molecule has 0 aliphatic carbocycles. The van der Waals surface area contributed by atoms with E-state index < -0.39 is 0 Å². The Morgan fingerprint density at radius 3 is 2.63 bits per heavy atom. The van der Waals surface area contributed by atoms with Crippen molar-refractivity contribution >= 4 is 5.91 Å². The Kier molecular flexibility index (Phi) is 7.34. The molecule has 0 spiro atoms. The van der Waals surface area contributed by atoms with Crippen LogP contribution in [0.4, 0.5) is 0 Å². The van der Waals surface area contributed by atoms with Crippen molar-refractivity contribution in [3.8, 4) is 5.75 Å². The molecule has 30 heavy (non-hydrogen) atoms. The second kappa shape index (κ2) is 10.6. The molecule has 0 bridgehead atoms. The lowest BCUT2D eigenvalue weighted by Gasteiger charge is -2.26. The topological polar surface area (TPSA) is 60.0 Å². The van der Waals surface area contributed by atoms with E-state index >= 15 is 0 Å². The number of benzene rings is 2. The van der Waals surface area contributed by atoms with Gasteiger partial charge in [0, 0.05) is 38.3 Å². The lowest BCUT2D eigenvalue weighted by atomic mass is 10.1. The summed E-state index contributed by atoms with van der Waals surface area (Å²) in [5, 5.41) is 2.99. The zero-order valence-corrected chi connectivity index (χ0v) is 17.3. The van der Waals surface area contributed by atoms with Gasteiger partial charge >= 0.3 is 0 Å². The molecule has 2 aromatic rings. The molecule has 2 fully saturated rings. The minimum absolute atomic E-state index is 0.102. The van der Waals surface area contributed by atoms with Crippen LogP contribution in [0.3, 0.4) is 0 Å². The molecule has 2 aliphatic rings. The zero-order chi connectivity index (χ0) is 20.6. The average molecular weight is 411 g/mol. The van der Waals surface area contributed by atoms with Crippen LogP contribution in [0.2, 0.25) is 0 Å². The fourth-order valence-electron chi connectivity index (χ4n) is 3.76. The normalized spacial score (nSPS) is 19.5. The van der Waals surface area contributed by atoms with Crippen LogP contribution in [-0.4, -0.2) is 56.4 Å². The molecule has 0 radical (unpaired) electrons. The van der Waals surface area contributed by atoms with Gasteiger partial charge < -0.3 is 19.5 Å². The van der Waals surface area contributed by atoms with E-state index in [0.29, 0.717) is 24.5 Å². The molecule has 0 unspecified atom stereocenters. The van der Waals surface area contributed by atoms with Crippen molar-refractivity contribution in [2.24, 2.45) is 0 Å². The predicted molar refractivity (Wildman–Crippen MR) is 115 cm³/mol. The Labute approximate surface area is 178 Å². The molecule has 2 aromatic carbocycles. The van der Waals surface area contributed by atoms with Crippen molar-refractivity contribution in [2.75, 3.05) is 39.5 Å². The number of hydrogen-bond donors (Lipinski definition) is 1. The van der Waals surface area contributed by atoms with E-state index in [1.807, 2.05) is 12.1 Å². The van der Waals surface area contributed by atoms with Gasteiger partial charge in [0.25, 0.3) is 5.91 Å². The molecule has 2 saturated heterocycles. The van der Waals surface area contributed by atoms with Crippen LogP contribution < -0.4 is 10.1 Å². The van der Waals surface area contributed by atoms with Crippen molar-refractivity contribution in [1.29, 1.82) is 0 Å². The molecular formula is C24H30N2O4. The lowest BCUT2D eigenvalue weighted by molar-refractivity contribution is 0.0342. The summed E-state index contributed by atoms with van der Waals surface area (Å²) in [5.41, 5.74) is 2.96. The van der Waals surface area contributed by atoms with E-state index in [1.54, 1.807) is 12.1 Å². The highest BCUT2D eigenvalue weighted by molar-refractivity contribution is 5.94. The summed E-state index contributed by atoms with van der Waals surface area (Å²) in [6.07, 6.45) is 2.28. The van der Waals surface area contributed by atoms with E-state index in [-0.39, 0.29) is 12.0 Å². The fourth-order valence-corrected chi connectivity index (χ4v) is 3.76. The molecule has 2 heterocycles. The highest BCUT2D eigenvalue weighted by atomic mass is 16.5. The summed E-state index contributed by atoms with van der Waals surface area (Å²) in [6.45, 7) is 6.36. The van der Waals surface area contributed by atoms with Crippen LogP contribution in [0.5, 0.6) is 5.75 Å². The molecule has 0 aromatic heterocycles. The maximum Gasteiger partial charge on any atom is 0.251 e. The van der Waals surface area contributed by atoms with Gasteiger partial charge in [0.05, 0.1) is 19.3 Å². The van der Waals surface area contributed by atoms with E-state index in [0.717, 1.165) is 57.9 Å². The molecule has 1 amide bonds. The first kappa shape index (κ1) is 20.8. The number of carbonyl (C=O) groups is 1. The summed E-state index contributed by atoms with van der Waals surface area (Å²) in [7, 11) is 0. The summed E-state index contributed by atoms with van der Waals surface area (Å²) in [5.74, 6) is 0.598. The van der Waals surface area contributed by atoms with Crippen LogP contribution in [0, 0.1) is 0 Å². The Morgan fingerprint density at radius 2 is 1.87 bits per heavy atom. The van der Waals surface area contributed by atoms with E-state index in [9.17, 15) is 4.79 Å². The quantitative estimate of drug-likeness (QED) is 0.725. The summed E-state index contributed by atoms with van der Waals surface area (Å²) in [6, 6.07) is 15.7. The van der Waals surface area contributed by atoms with Gasteiger partial charge in [-0.05, 0) is 42.2 Å². The Balaban J connectivity index is 1.25. The summed E-state index contributed by atoms with van der Waals surface area (Å²) in [4.78, 5) is 14.9. The van der Waals surface area contributed by atoms with Crippen LogP contribution >= 0.6 is 0 Å². The standard InChI is InChI=1S/C24H30N2O4/c27-24(21-3-1-4-22(15-21)30-18-23-5-2-12-29-23)25-16-19-6-8-20(9-7-19)17-26-10-13-28-14-11-26/h1,3-4,6-9,15,23H,2,5,10-14,16-18H2,(H,25,27)/t23-/m0/s1. The van der Waals surface area contributed by atoms with E-state index in [2.05, 4.69) is 34.5 Å². The van der Waals surface area contributed by atoms with Gasteiger partial charge in [-0.2, -0.15) is 0 Å². The number of rotatable bonds is 8. The monoisotopic (exact) mass is 410 g/mol. The molecule has 6 heteroatoms. The predicted octanol–water partition coefficient (Wildman–Crippen LogP) is 3.01. The number of nitrogens with zero attached hydrogens (tertiary/aromatic N) is 1. The minimum atomic E-state index is -0.102. The first-order valence-electron chi connectivity index (χ1n) is 10.8. The SMILES string of the molecule is O=C(NCc1ccc(CN2CCOCC2)cc1)c1cccc(OC[C@@H]2CCCO2)c1. The summed E-state index contributed by atoms with van der Waals surface area (Å²) < 4.78 is 16.8. The number of hydrogen-bond acceptors (Lipinski definition) is 5. The third-order valence-corrected chi connectivity index (χ3v) is 5.54. The van der Waals surface area contributed by atoms with Crippen molar-refractivity contribution in [1.82, 2.24) is 10.2 Å². The molecule has 0 saturated carbocycles. The lowest BCUT2D eigenvalue weighted by Crippen LogP contribution is -2.35. The highest BCUT2D eigenvalue weighted by Crippen LogP contribution is 2.17. The third kappa shape index (κ3) is 6.05. The third-order valence-electron chi connectivity index (χ3n) is 5.54. The van der Waals surface area contributed by atoms with Gasteiger partial charge in [0.1, 0.15) is 12.4 Å². The number of carbonyl (C=O) groups excluding carboxylic acids is 1. The largest absolute Gasteiger partial charge is 0.491 e. The molecule has 2 aliphatic heterocycles. The van der Waals surface area contributed by atoms with E-state index in [1.165, 1.54) is 5.56 Å². The first-order valence-corrected chi connectivity index (χ1v) is 10.8. The highest BCUT2D eigenvalue weighted by Gasteiger charge is 2.16. The maximum atomic E-state index is 12.6. The first-order chi connectivity index (χ1) is 14.8. The average Bonchev–Trinajstić information content (AvgIpc) is 3.32. The Bertz CT molecular complexity index is 812. The van der Waals surface area contributed by atoms with Gasteiger partial charge in [0.2, 0.25) is 0 Å². The smallest absolute Gasteiger partial charge is 0.251 e. The summed E-state index contributed by atoms with van der Waals surface area (Å²) >= 11 is 0. The van der Waals surface area contributed by atoms with Crippen molar-refractivity contribution < 1.29 is 19.0 Å². The van der Waals surface area contributed by atoms with E-state index in [4.69, 9.17) is 14.2 Å². The van der Waals surface area contributed by atoms with Crippen LogP contribution in [0.25, 0.3) is 0 Å². The van der Waals surface area contributed by atoms with Gasteiger partial charge in [-0.25, -0.2) is 0 Å². The van der Waals surface area contributed by atoms with Gasteiger partial charge in [-0.3, -0.25) is 9.69 Å². The number of morpholine rings is 1. The van der Waals surface area contributed by atoms with Gasteiger partial charge in [-0.1, -0.05) is 30.3 Å². The Hall–Kier alpha value is -2.41. The second-order valence-corrected chi connectivity index (χ2v) is 7.86.